The lowest BCUT2D eigenvalue weighted by atomic mass is 10.1. The highest BCUT2D eigenvalue weighted by Gasteiger charge is 2.42. The molecule has 2 bridgehead atoms. The molecule has 2 aromatic carbocycles. The van der Waals surface area contributed by atoms with Crippen LogP contribution < -0.4 is 4.74 Å². The Bertz CT molecular complexity index is 900. The zero-order chi connectivity index (χ0) is 22.0. The summed E-state index contributed by atoms with van der Waals surface area (Å²) in [6.45, 7) is 3.21. The standard InChI is InChI=1S/C23H25F3N2O3/c24-23(25,26)9-10-31-21-7-3-17(4-8-21)13-28-15-19-11-20(28)14-27(19)12-16-1-5-18(6-2-16)22(29)30/h1-8,19-20H,9-15H2,(H,29,30). The number of carboxylic acids is 1. The fraction of sp³-hybridized carbons (Fsp3) is 0.435. The molecule has 0 spiro atoms. The summed E-state index contributed by atoms with van der Waals surface area (Å²) in [5, 5.41) is 9.01. The predicted octanol–water partition coefficient (Wildman–Crippen LogP) is 4.17. The van der Waals surface area contributed by atoms with Gasteiger partial charge in [-0.2, -0.15) is 13.2 Å². The third-order valence-corrected chi connectivity index (χ3v) is 6.02. The van der Waals surface area contributed by atoms with Crippen molar-refractivity contribution >= 4 is 5.97 Å². The van der Waals surface area contributed by atoms with Crippen LogP contribution in [0.15, 0.2) is 48.5 Å². The number of carbonyl (C=O) groups is 1. The van der Waals surface area contributed by atoms with Gasteiger partial charge in [0.05, 0.1) is 18.6 Å². The maximum atomic E-state index is 12.2. The molecule has 4 rings (SSSR count). The minimum absolute atomic E-state index is 0.301. The van der Waals surface area contributed by atoms with Gasteiger partial charge in [-0.3, -0.25) is 9.80 Å². The fourth-order valence-corrected chi connectivity index (χ4v) is 4.42. The average molecular weight is 434 g/mol. The monoisotopic (exact) mass is 434 g/mol. The third-order valence-electron chi connectivity index (χ3n) is 6.02. The summed E-state index contributed by atoms with van der Waals surface area (Å²) in [5.41, 5.74) is 2.53. The Labute approximate surface area is 179 Å². The summed E-state index contributed by atoms with van der Waals surface area (Å²) >= 11 is 0. The number of nitrogens with zero attached hydrogens (tertiary/aromatic N) is 2. The molecule has 1 N–H and O–H groups in total. The van der Waals surface area contributed by atoms with Crippen molar-refractivity contribution in [3.63, 3.8) is 0 Å². The van der Waals surface area contributed by atoms with Gasteiger partial charge in [-0.1, -0.05) is 24.3 Å². The van der Waals surface area contributed by atoms with E-state index in [1.54, 1.807) is 24.3 Å². The molecule has 166 valence electrons. The maximum absolute atomic E-state index is 12.2. The Hall–Kier alpha value is -2.58. The first-order chi connectivity index (χ1) is 14.8. The first kappa shape index (κ1) is 21.6. The van der Waals surface area contributed by atoms with Crippen LogP contribution in [0.3, 0.4) is 0 Å². The smallest absolute Gasteiger partial charge is 0.392 e. The Balaban J connectivity index is 1.25. The van der Waals surface area contributed by atoms with Gasteiger partial charge in [0.2, 0.25) is 0 Å². The zero-order valence-corrected chi connectivity index (χ0v) is 17.0. The van der Waals surface area contributed by atoms with E-state index in [0.717, 1.165) is 43.7 Å². The normalized spacial score (nSPS) is 21.5. The van der Waals surface area contributed by atoms with Crippen molar-refractivity contribution in [2.45, 2.75) is 44.2 Å². The molecule has 31 heavy (non-hydrogen) atoms. The highest BCUT2D eigenvalue weighted by atomic mass is 19.4. The number of hydrogen-bond donors (Lipinski definition) is 1. The quantitative estimate of drug-likeness (QED) is 0.676. The number of fused-ring (bicyclic) bond motifs is 2. The lowest BCUT2D eigenvalue weighted by Gasteiger charge is -2.34. The van der Waals surface area contributed by atoms with Crippen molar-refractivity contribution in [1.29, 1.82) is 0 Å². The van der Waals surface area contributed by atoms with Gasteiger partial charge in [-0.05, 0) is 41.8 Å². The molecule has 2 aliphatic heterocycles. The summed E-state index contributed by atoms with van der Waals surface area (Å²) in [7, 11) is 0. The molecule has 5 nitrogen and oxygen atoms in total. The maximum Gasteiger partial charge on any atom is 0.392 e. The van der Waals surface area contributed by atoms with Gasteiger partial charge in [-0.25, -0.2) is 4.79 Å². The molecule has 2 heterocycles. The molecule has 0 saturated carbocycles. The van der Waals surface area contributed by atoms with Crippen molar-refractivity contribution < 1.29 is 27.8 Å². The SMILES string of the molecule is O=C(O)c1ccc(CN2CC3CC2CN3Cc2ccc(OCCC(F)(F)F)cc2)cc1. The van der Waals surface area contributed by atoms with Gasteiger partial charge in [0.1, 0.15) is 5.75 Å². The van der Waals surface area contributed by atoms with E-state index in [4.69, 9.17) is 9.84 Å². The molecule has 2 saturated heterocycles. The number of carboxylic acid groups (broad SMARTS) is 1. The van der Waals surface area contributed by atoms with Gasteiger partial charge in [0.15, 0.2) is 0 Å². The highest BCUT2D eigenvalue weighted by Crippen LogP contribution is 2.33. The van der Waals surface area contributed by atoms with E-state index in [0.29, 0.717) is 23.4 Å². The van der Waals surface area contributed by atoms with Crippen molar-refractivity contribution in [3.8, 4) is 5.75 Å². The van der Waals surface area contributed by atoms with Gasteiger partial charge >= 0.3 is 12.1 Å². The molecular formula is C23H25F3N2O3. The molecule has 2 aromatic rings. The lowest BCUT2D eigenvalue weighted by Crippen LogP contribution is -2.45. The first-order valence-electron chi connectivity index (χ1n) is 10.4. The minimum atomic E-state index is -4.20. The number of halogens is 3. The minimum Gasteiger partial charge on any atom is -0.493 e. The number of hydrogen-bond acceptors (Lipinski definition) is 4. The first-order valence-corrected chi connectivity index (χ1v) is 10.4. The van der Waals surface area contributed by atoms with Crippen LogP contribution in [0.4, 0.5) is 13.2 Å². The number of benzene rings is 2. The summed E-state index contributed by atoms with van der Waals surface area (Å²) in [6.07, 6.45) is -4.04. The van der Waals surface area contributed by atoms with Gasteiger partial charge in [0.25, 0.3) is 0 Å². The summed E-state index contributed by atoms with van der Waals surface area (Å²) in [6, 6.07) is 15.3. The van der Waals surface area contributed by atoms with E-state index < -0.39 is 18.6 Å². The molecule has 0 amide bonds. The van der Waals surface area contributed by atoms with Crippen molar-refractivity contribution in [1.82, 2.24) is 9.80 Å². The Morgan fingerprint density at radius 3 is 1.90 bits per heavy atom. The summed E-state index contributed by atoms with van der Waals surface area (Å²) in [4.78, 5) is 15.9. The van der Waals surface area contributed by atoms with Crippen LogP contribution in [0.2, 0.25) is 0 Å². The van der Waals surface area contributed by atoms with Crippen molar-refractivity contribution in [3.05, 3.63) is 65.2 Å². The Morgan fingerprint density at radius 1 is 0.935 bits per heavy atom. The average Bonchev–Trinajstić information content (AvgIpc) is 3.29. The van der Waals surface area contributed by atoms with Gasteiger partial charge in [0, 0.05) is 38.3 Å². The number of rotatable bonds is 8. The van der Waals surface area contributed by atoms with Crippen LogP contribution >= 0.6 is 0 Å². The van der Waals surface area contributed by atoms with Crippen LogP contribution in [0.25, 0.3) is 0 Å². The second-order valence-corrected chi connectivity index (χ2v) is 8.26. The molecular weight excluding hydrogens is 409 g/mol. The molecule has 0 aromatic heterocycles. The number of piperazine rings is 1. The van der Waals surface area contributed by atoms with Gasteiger partial charge in [-0.15, -0.1) is 0 Å². The van der Waals surface area contributed by atoms with Gasteiger partial charge < -0.3 is 9.84 Å². The van der Waals surface area contributed by atoms with E-state index in [2.05, 4.69) is 9.80 Å². The van der Waals surface area contributed by atoms with E-state index in [1.807, 2.05) is 24.3 Å². The Morgan fingerprint density at radius 2 is 1.45 bits per heavy atom. The highest BCUT2D eigenvalue weighted by molar-refractivity contribution is 5.87. The number of ether oxygens (including phenoxy) is 1. The van der Waals surface area contributed by atoms with Crippen LogP contribution in [0.1, 0.15) is 34.3 Å². The van der Waals surface area contributed by atoms with E-state index in [1.165, 1.54) is 0 Å². The number of aromatic carboxylic acids is 1. The largest absolute Gasteiger partial charge is 0.493 e. The molecule has 0 radical (unpaired) electrons. The zero-order valence-electron chi connectivity index (χ0n) is 17.0. The molecule has 2 unspecified atom stereocenters. The second kappa shape index (κ2) is 8.88. The van der Waals surface area contributed by atoms with Crippen molar-refractivity contribution in [2.24, 2.45) is 0 Å². The van der Waals surface area contributed by atoms with E-state index in [-0.39, 0.29) is 6.61 Å². The predicted molar refractivity (Wildman–Crippen MR) is 109 cm³/mol. The topological polar surface area (TPSA) is 53.0 Å². The molecule has 2 atom stereocenters. The van der Waals surface area contributed by atoms with Crippen molar-refractivity contribution in [2.75, 3.05) is 19.7 Å². The van der Waals surface area contributed by atoms with Crippen LogP contribution in [0, 0.1) is 0 Å². The molecule has 8 heteroatoms. The summed E-state index contributed by atoms with van der Waals surface area (Å²) in [5.74, 6) is -0.459. The molecule has 2 aliphatic rings. The third kappa shape index (κ3) is 5.57. The molecule has 0 aliphatic carbocycles. The van der Waals surface area contributed by atoms with E-state index in [9.17, 15) is 18.0 Å². The molecule has 2 fully saturated rings. The van der Waals surface area contributed by atoms with E-state index >= 15 is 0 Å². The second-order valence-electron chi connectivity index (χ2n) is 8.26. The number of alkyl halides is 3. The fourth-order valence-electron chi connectivity index (χ4n) is 4.42. The number of likely N-dealkylation sites (tertiary alicyclic amines) is 2. The van der Waals surface area contributed by atoms with Crippen LogP contribution in [-0.4, -0.2) is 58.8 Å². The van der Waals surface area contributed by atoms with Crippen LogP contribution in [-0.2, 0) is 13.1 Å². The summed E-state index contributed by atoms with van der Waals surface area (Å²) < 4.78 is 41.8. The van der Waals surface area contributed by atoms with Crippen LogP contribution in [0.5, 0.6) is 5.75 Å². The lowest BCUT2D eigenvalue weighted by molar-refractivity contribution is -0.139. The Kier molecular flexibility index (Phi) is 6.20.